The van der Waals surface area contributed by atoms with Crippen LogP contribution in [0.2, 0.25) is 0 Å². The smallest absolute Gasteiger partial charge is 0.410 e. The van der Waals surface area contributed by atoms with Crippen LogP contribution in [0.1, 0.15) is 38.3 Å². The fourth-order valence-corrected chi connectivity index (χ4v) is 2.88. The molecule has 0 spiro atoms. The summed E-state index contributed by atoms with van der Waals surface area (Å²) >= 11 is 6.46. The number of hydrogen-bond acceptors (Lipinski definition) is 2. The van der Waals surface area contributed by atoms with Gasteiger partial charge in [0.05, 0.1) is 3.39 Å². The van der Waals surface area contributed by atoms with Crippen LogP contribution in [0, 0.1) is 5.82 Å². The molecule has 1 aliphatic heterocycles. The molecule has 0 saturated heterocycles. The van der Waals surface area contributed by atoms with Crippen molar-refractivity contribution >= 4 is 49.6 Å². The van der Waals surface area contributed by atoms with Gasteiger partial charge in [-0.15, -0.1) is 0 Å². The summed E-state index contributed by atoms with van der Waals surface area (Å²) in [5.74, 6) is -0.278. The Morgan fingerprint density at radius 1 is 1.33 bits per heavy atom. The average Bonchev–Trinajstić information content (AvgIpc) is 2.47. The SMILES string of the molecule is CC(C)(C)OC(=O)N1CC=C(c2ccc(C=C(Br)Br)c(F)c2)CC1. The van der Waals surface area contributed by atoms with Gasteiger partial charge < -0.3 is 9.64 Å². The highest BCUT2D eigenvalue weighted by molar-refractivity contribution is 9.28. The molecule has 130 valence electrons. The number of amides is 1. The summed E-state index contributed by atoms with van der Waals surface area (Å²) in [6.45, 7) is 6.58. The van der Waals surface area contributed by atoms with E-state index in [0.29, 0.717) is 28.5 Å². The van der Waals surface area contributed by atoms with Crippen LogP contribution in [0.5, 0.6) is 0 Å². The van der Waals surface area contributed by atoms with Crippen molar-refractivity contribution in [2.75, 3.05) is 13.1 Å². The van der Waals surface area contributed by atoms with Gasteiger partial charge in [0, 0.05) is 18.7 Å². The molecule has 0 fully saturated rings. The Bertz CT molecular complexity index is 689. The molecular formula is C18H20Br2FNO2. The van der Waals surface area contributed by atoms with E-state index in [4.69, 9.17) is 4.74 Å². The molecule has 1 heterocycles. The molecule has 6 heteroatoms. The van der Waals surface area contributed by atoms with Gasteiger partial charge in [0.1, 0.15) is 11.4 Å². The summed E-state index contributed by atoms with van der Waals surface area (Å²) in [4.78, 5) is 13.7. The zero-order chi connectivity index (χ0) is 17.9. The summed E-state index contributed by atoms with van der Waals surface area (Å²) in [7, 11) is 0. The first-order valence-corrected chi connectivity index (χ1v) is 9.24. The van der Waals surface area contributed by atoms with Gasteiger partial charge in [-0.2, -0.15) is 0 Å². The second-order valence-electron chi connectivity index (χ2n) is 6.58. The van der Waals surface area contributed by atoms with Crippen molar-refractivity contribution in [2.24, 2.45) is 0 Å². The van der Waals surface area contributed by atoms with Crippen molar-refractivity contribution in [2.45, 2.75) is 32.8 Å². The Hall–Kier alpha value is -1.14. The Balaban J connectivity index is 2.09. The number of ether oxygens (including phenoxy) is 1. The number of hydrogen-bond donors (Lipinski definition) is 0. The predicted molar refractivity (Wildman–Crippen MR) is 103 cm³/mol. The number of halogens is 3. The molecule has 3 nitrogen and oxygen atoms in total. The zero-order valence-corrected chi connectivity index (χ0v) is 17.1. The van der Waals surface area contributed by atoms with Crippen LogP contribution >= 0.6 is 31.9 Å². The molecule has 0 saturated carbocycles. The minimum absolute atomic E-state index is 0.278. The van der Waals surface area contributed by atoms with Gasteiger partial charge in [-0.05, 0) is 82.3 Å². The standard InChI is InChI=1S/C18H20Br2FNO2/c1-18(2,3)24-17(23)22-8-6-12(7-9-22)13-4-5-14(11-16(19)20)15(21)10-13/h4-6,10-11H,7-9H2,1-3H3. The monoisotopic (exact) mass is 459 g/mol. The summed E-state index contributed by atoms with van der Waals surface area (Å²) in [5.41, 5.74) is 1.90. The zero-order valence-electron chi connectivity index (χ0n) is 13.9. The van der Waals surface area contributed by atoms with Crippen LogP contribution in [0.4, 0.5) is 9.18 Å². The molecule has 1 aromatic rings. The summed E-state index contributed by atoms with van der Waals surface area (Å²) < 4.78 is 20.2. The van der Waals surface area contributed by atoms with Gasteiger partial charge in [-0.3, -0.25) is 0 Å². The van der Waals surface area contributed by atoms with Gasteiger partial charge in [-0.25, -0.2) is 9.18 Å². The van der Waals surface area contributed by atoms with Crippen molar-refractivity contribution < 1.29 is 13.9 Å². The van der Waals surface area contributed by atoms with E-state index in [1.165, 1.54) is 6.07 Å². The molecule has 0 bridgehead atoms. The van der Waals surface area contributed by atoms with E-state index >= 15 is 0 Å². The maximum atomic E-state index is 14.2. The van der Waals surface area contributed by atoms with Crippen molar-refractivity contribution in [1.29, 1.82) is 0 Å². The summed E-state index contributed by atoms with van der Waals surface area (Å²) in [6, 6.07) is 5.17. The minimum Gasteiger partial charge on any atom is -0.444 e. The van der Waals surface area contributed by atoms with E-state index in [-0.39, 0.29) is 11.9 Å². The van der Waals surface area contributed by atoms with Crippen LogP contribution in [0.25, 0.3) is 11.6 Å². The third-order valence-corrected chi connectivity index (χ3v) is 3.95. The first-order valence-electron chi connectivity index (χ1n) is 7.65. The van der Waals surface area contributed by atoms with Crippen molar-refractivity contribution in [3.05, 3.63) is 44.6 Å². The third kappa shape index (κ3) is 5.45. The highest BCUT2D eigenvalue weighted by Crippen LogP contribution is 2.27. The Labute approximate surface area is 158 Å². The van der Waals surface area contributed by atoms with E-state index in [0.717, 1.165) is 11.1 Å². The molecule has 1 aromatic carbocycles. The van der Waals surface area contributed by atoms with Gasteiger partial charge in [-0.1, -0.05) is 18.2 Å². The van der Waals surface area contributed by atoms with E-state index in [2.05, 4.69) is 31.9 Å². The number of carbonyl (C=O) groups is 1. The van der Waals surface area contributed by atoms with Gasteiger partial charge in [0.2, 0.25) is 0 Å². The number of rotatable bonds is 2. The van der Waals surface area contributed by atoms with E-state index in [1.807, 2.05) is 32.9 Å². The van der Waals surface area contributed by atoms with Crippen LogP contribution in [-0.4, -0.2) is 29.7 Å². The lowest BCUT2D eigenvalue weighted by atomic mass is 9.98. The molecule has 0 N–H and O–H groups in total. The molecule has 0 aromatic heterocycles. The number of carbonyl (C=O) groups excluding carboxylic acids is 1. The molecule has 0 radical (unpaired) electrons. The van der Waals surface area contributed by atoms with Crippen molar-refractivity contribution in [1.82, 2.24) is 4.90 Å². The number of nitrogens with zero attached hydrogens (tertiary/aromatic N) is 1. The average molecular weight is 461 g/mol. The van der Waals surface area contributed by atoms with Crippen LogP contribution in [-0.2, 0) is 4.74 Å². The van der Waals surface area contributed by atoms with E-state index in [9.17, 15) is 9.18 Å². The van der Waals surface area contributed by atoms with Crippen LogP contribution in [0.3, 0.4) is 0 Å². The Kier molecular flexibility index (Phi) is 6.26. The Morgan fingerprint density at radius 2 is 2.04 bits per heavy atom. The topological polar surface area (TPSA) is 29.5 Å². The minimum atomic E-state index is -0.503. The molecule has 1 amide bonds. The molecule has 0 aliphatic carbocycles. The molecule has 1 aliphatic rings. The maximum Gasteiger partial charge on any atom is 0.410 e. The number of benzene rings is 1. The van der Waals surface area contributed by atoms with Crippen LogP contribution in [0.15, 0.2) is 27.7 Å². The third-order valence-electron chi connectivity index (χ3n) is 3.50. The normalized spacial score (nSPS) is 14.9. The second kappa shape index (κ2) is 7.83. The first kappa shape index (κ1) is 19.2. The van der Waals surface area contributed by atoms with Gasteiger partial charge >= 0.3 is 6.09 Å². The molecule has 0 atom stereocenters. The highest BCUT2D eigenvalue weighted by atomic mass is 79.9. The first-order chi connectivity index (χ1) is 11.2. The lowest BCUT2D eigenvalue weighted by Crippen LogP contribution is -2.39. The van der Waals surface area contributed by atoms with Gasteiger partial charge in [0.25, 0.3) is 0 Å². The lowest BCUT2D eigenvalue weighted by molar-refractivity contribution is 0.0270. The Morgan fingerprint density at radius 3 is 2.54 bits per heavy atom. The van der Waals surface area contributed by atoms with Crippen molar-refractivity contribution in [3.63, 3.8) is 0 Å². The fourth-order valence-electron chi connectivity index (χ4n) is 2.39. The quantitative estimate of drug-likeness (QED) is 0.546. The lowest BCUT2D eigenvalue weighted by Gasteiger charge is -2.29. The molecule has 2 rings (SSSR count). The molecule has 24 heavy (non-hydrogen) atoms. The summed E-state index contributed by atoms with van der Waals surface area (Å²) in [6.07, 6.45) is 3.99. The second-order valence-corrected chi connectivity index (χ2v) is 9.35. The molecule has 0 unspecified atom stereocenters. The van der Waals surface area contributed by atoms with E-state index < -0.39 is 5.60 Å². The summed E-state index contributed by atoms with van der Waals surface area (Å²) in [5, 5.41) is 0. The van der Waals surface area contributed by atoms with E-state index in [1.54, 1.807) is 17.0 Å². The van der Waals surface area contributed by atoms with Gasteiger partial charge in [0.15, 0.2) is 0 Å². The highest BCUT2D eigenvalue weighted by Gasteiger charge is 2.24. The largest absolute Gasteiger partial charge is 0.444 e. The van der Waals surface area contributed by atoms with Crippen molar-refractivity contribution in [3.8, 4) is 0 Å². The fraction of sp³-hybridized carbons (Fsp3) is 0.389. The maximum absolute atomic E-state index is 14.2. The van der Waals surface area contributed by atoms with Crippen LogP contribution < -0.4 is 0 Å². The molecular weight excluding hydrogens is 441 g/mol. The predicted octanol–water partition coefficient (Wildman–Crippen LogP) is 5.94.